The molecule has 3 aromatic carbocycles. The van der Waals surface area contributed by atoms with Gasteiger partial charge in [0, 0.05) is 11.4 Å². The third-order valence-corrected chi connectivity index (χ3v) is 4.97. The zero-order valence-corrected chi connectivity index (χ0v) is 20.1. The van der Waals surface area contributed by atoms with Crippen LogP contribution in [-0.2, 0) is 17.6 Å². The van der Waals surface area contributed by atoms with E-state index in [9.17, 15) is 9.90 Å². The number of hydrogen-bond acceptors (Lipinski definition) is 4. The zero-order valence-electron chi connectivity index (χ0n) is 17.4. The third kappa shape index (κ3) is 6.51. The van der Waals surface area contributed by atoms with Crippen LogP contribution in [0.2, 0.25) is 5.02 Å². The fraction of sp³-hybridized carbons (Fsp3) is 0.208. The molecule has 0 aliphatic carbocycles. The number of benzene rings is 3. The predicted octanol–water partition coefficient (Wildman–Crippen LogP) is 1.07. The molecular formula is C24H22ClNaO4. The van der Waals surface area contributed by atoms with E-state index in [0.29, 0.717) is 10.8 Å². The van der Waals surface area contributed by atoms with E-state index >= 15 is 0 Å². The van der Waals surface area contributed by atoms with E-state index in [1.165, 1.54) is 6.92 Å². The molecule has 0 saturated carbocycles. The van der Waals surface area contributed by atoms with E-state index in [-0.39, 0.29) is 36.0 Å². The number of carbonyl (C=O) groups excluding carboxylic acids is 1. The van der Waals surface area contributed by atoms with Crippen LogP contribution >= 0.6 is 11.6 Å². The van der Waals surface area contributed by atoms with Crippen LogP contribution in [0.4, 0.5) is 0 Å². The van der Waals surface area contributed by atoms with Crippen LogP contribution in [0.15, 0.2) is 72.8 Å². The number of aliphatic carboxylic acids is 1. The van der Waals surface area contributed by atoms with Gasteiger partial charge >= 0.3 is 29.6 Å². The summed E-state index contributed by atoms with van der Waals surface area (Å²) >= 11 is 5.90. The molecule has 0 heterocycles. The summed E-state index contributed by atoms with van der Waals surface area (Å²) in [5, 5.41) is 12.4. The van der Waals surface area contributed by atoms with Crippen molar-refractivity contribution in [2.75, 3.05) is 7.11 Å². The van der Waals surface area contributed by atoms with Crippen molar-refractivity contribution in [2.24, 2.45) is 0 Å². The smallest absolute Gasteiger partial charge is 0.546 e. The van der Waals surface area contributed by atoms with Gasteiger partial charge in [0.15, 0.2) is 0 Å². The Kier molecular flexibility index (Phi) is 8.80. The molecule has 4 nitrogen and oxygen atoms in total. The minimum absolute atomic E-state index is 0. The maximum Gasteiger partial charge on any atom is 1.00 e. The first kappa shape index (κ1) is 24.3. The molecule has 0 radical (unpaired) electrons. The van der Waals surface area contributed by atoms with Gasteiger partial charge in [0.1, 0.15) is 17.1 Å². The zero-order chi connectivity index (χ0) is 20.9. The maximum absolute atomic E-state index is 11.8. The van der Waals surface area contributed by atoms with Crippen LogP contribution in [0.1, 0.15) is 23.6 Å². The SMILES string of the molecule is COc1ccc(Cc2ccc(OC(C)(Cc3ccc(Cl)cc3)C(=O)[O-])cc2)cc1.[Na+]. The molecule has 30 heavy (non-hydrogen) atoms. The van der Waals surface area contributed by atoms with E-state index in [2.05, 4.69) is 0 Å². The largest absolute Gasteiger partial charge is 1.00 e. The van der Waals surface area contributed by atoms with Crippen molar-refractivity contribution in [3.63, 3.8) is 0 Å². The van der Waals surface area contributed by atoms with Gasteiger partial charge in [-0.1, -0.05) is 48.0 Å². The number of halogens is 1. The van der Waals surface area contributed by atoms with Crippen LogP contribution in [0, 0.1) is 0 Å². The van der Waals surface area contributed by atoms with Gasteiger partial charge in [0.25, 0.3) is 0 Å². The molecule has 0 aliphatic heterocycles. The molecular weight excluding hydrogens is 411 g/mol. The van der Waals surface area contributed by atoms with E-state index < -0.39 is 11.6 Å². The van der Waals surface area contributed by atoms with Crippen molar-refractivity contribution >= 4 is 17.6 Å². The Morgan fingerprint density at radius 3 is 1.80 bits per heavy atom. The quantitative estimate of drug-likeness (QED) is 0.500. The van der Waals surface area contributed by atoms with Crippen molar-refractivity contribution in [1.29, 1.82) is 0 Å². The monoisotopic (exact) mass is 432 g/mol. The number of hydrogen-bond donors (Lipinski definition) is 0. The predicted molar refractivity (Wildman–Crippen MR) is 111 cm³/mol. The van der Waals surface area contributed by atoms with Crippen molar-refractivity contribution in [3.8, 4) is 11.5 Å². The molecule has 0 amide bonds. The molecule has 0 aliphatic rings. The summed E-state index contributed by atoms with van der Waals surface area (Å²) in [6, 6.07) is 22.3. The molecule has 0 saturated heterocycles. The van der Waals surface area contributed by atoms with Gasteiger partial charge in [-0.3, -0.25) is 0 Å². The second kappa shape index (κ2) is 10.9. The van der Waals surface area contributed by atoms with Gasteiger partial charge in [-0.2, -0.15) is 0 Å². The Hall–Kier alpha value is -1.98. The first-order chi connectivity index (χ1) is 13.9. The second-order valence-corrected chi connectivity index (χ2v) is 7.53. The Bertz CT molecular complexity index is 956. The second-order valence-electron chi connectivity index (χ2n) is 7.09. The Morgan fingerprint density at radius 2 is 1.33 bits per heavy atom. The fourth-order valence-electron chi connectivity index (χ4n) is 3.06. The molecule has 0 fully saturated rings. The normalized spacial score (nSPS) is 12.4. The van der Waals surface area contributed by atoms with E-state index in [1.54, 1.807) is 43.5 Å². The first-order valence-corrected chi connectivity index (χ1v) is 9.62. The summed E-state index contributed by atoms with van der Waals surface area (Å²) < 4.78 is 11.0. The first-order valence-electron chi connectivity index (χ1n) is 9.25. The number of carboxylic acids is 1. The van der Waals surface area contributed by atoms with Gasteiger partial charge in [0.2, 0.25) is 0 Å². The van der Waals surface area contributed by atoms with E-state index in [1.807, 2.05) is 36.4 Å². The average molecular weight is 433 g/mol. The van der Waals surface area contributed by atoms with Crippen molar-refractivity contribution < 1.29 is 48.9 Å². The van der Waals surface area contributed by atoms with Crippen molar-refractivity contribution in [1.82, 2.24) is 0 Å². The minimum Gasteiger partial charge on any atom is -0.546 e. The van der Waals surface area contributed by atoms with Crippen molar-refractivity contribution in [2.45, 2.75) is 25.4 Å². The molecule has 0 N–H and O–H groups in total. The molecule has 0 aromatic heterocycles. The summed E-state index contributed by atoms with van der Waals surface area (Å²) in [5.74, 6) is 0.0265. The molecule has 1 unspecified atom stereocenters. The molecule has 150 valence electrons. The molecule has 0 bridgehead atoms. The summed E-state index contributed by atoms with van der Waals surface area (Å²) in [4.78, 5) is 11.8. The van der Waals surface area contributed by atoms with Gasteiger partial charge in [0.05, 0.1) is 13.1 Å². The van der Waals surface area contributed by atoms with E-state index in [0.717, 1.165) is 28.9 Å². The molecule has 3 aromatic rings. The summed E-state index contributed by atoms with van der Waals surface area (Å²) in [6.45, 7) is 1.52. The number of ether oxygens (including phenoxy) is 2. The maximum atomic E-state index is 11.8. The van der Waals surface area contributed by atoms with E-state index in [4.69, 9.17) is 21.1 Å². The number of rotatable bonds is 8. The Balaban J connectivity index is 0.00000320. The van der Waals surface area contributed by atoms with Gasteiger partial charge in [-0.15, -0.1) is 0 Å². The Morgan fingerprint density at radius 1 is 0.867 bits per heavy atom. The van der Waals surface area contributed by atoms with Gasteiger partial charge in [-0.05, 0) is 66.4 Å². The summed E-state index contributed by atoms with van der Waals surface area (Å²) in [7, 11) is 1.64. The van der Waals surface area contributed by atoms with Crippen LogP contribution < -0.4 is 44.1 Å². The number of methoxy groups -OCH3 is 1. The average Bonchev–Trinajstić information content (AvgIpc) is 2.72. The number of carboxylic acid groups (broad SMARTS) is 1. The molecule has 1 atom stereocenters. The van der Waals surface area contributed by atoms with Crippen LogP contribution in [-0.4, -0.2) is 18.7 Å². The van der Waals surface area contributed by atoms with Crippen LogP contribution in [0.25, 0.3) is 0 Å². The molecule has 0 spiro atoms. The van der Waals surface area contributed by atoms with Gasteiger partial charge in [-0.25, -0.2) is 0 Å². The summed E-state index contributed by atoms with van der Waals surface area (Å²) in [6.07, 6.45) is 0.924. The standard InChI is InChI=1S/C24H23ClO4.Na/c1-24(23(26)27,16-19-3-9-20(25)10-4-19)29-22-13-7-18(8-14-22)15-17-5-11-21(28-2)12-6-17;/h3-14H,15-16H2,1-2H3,(H,26,27);/q;+1/p-1. The van der Waals surface area contributed by atoms with Crippen molar-refractivity contribution in [3.05, 3.63) is 94.5 Å². The third-order valence-electron chi connectivity index (χ3n) is 4.72. The molecule has 3 rings (SSSR count). The fourth-order valence-corrected chi connectivity index (χ4v) is 3.18. The van der Waals surface area contributed by atoms with Gasteiger partial charge < -0.3 is 19.4 Å². The number of carbonyl (C=O) groups is 1. The van der Waals surface area contributed by atoms with Crippen LogP contribution in [0.5, 0.6) is 11.5 Å². The summed E-state index contributed by atoms with van der Waals surface area (Å²) in [5.41, 5.74) is 1.56. The topological polar surface area (TPSA) is 58.6 Å². The van der Waals surface area contributed by atoms with Crippen LogP contribution in [0.3, 0.4) is 0 Å². The molecule has 6 heteroatoms. The minimum atomic E-state index is -1.49. The Labute approximate surface area is 204 Å².